The second kappa shape index (κ2) is 4.39. The van der Waals surface area contributed by atoms with Gasteiger partial charge in [0, 0.05) is 6.20 Å². The van der Waals surface area contributed by atoms with Crippen molar-refractivity contribution in [2.75, 3.05) is 7.11 Å². The summed E-state index contributed by atoms with van der Waals surface area (Å²) in [5, 5.41) is 0. The Labute approximate surface area is 111 Å². The Morgan fingerprint density at radius 3 is 2.74 bits per heavy atom. The molecule has 96 valence electrons. The van der Waals surface area contributed by atoms with Gasteiger partial charge >= 0.3 is 0 Å². The fourth-order valence-corrected chi connectivity index (χ4v) is 2.13. The summed E-state index contributed by atoms with van der Waals surface area (Å²) in [4.78, 5) is 12.1. The average molecular weight is 253 g/mol. The van der Waals surface area contributed by atoms with Crippen LogP contribution in [-0.2, 0) is 0 Å². The summed E-state index contributed by atoms with van der Waals surface area (Å²) in [6.07, 6.45) is 1.71. The Morgan fingerprint density at radius 1 is 1.16 bits per heavy atom. The fourth-order valence-electron chi connectivity index (χ4n) is 2.13. The van der Waals surface area contributed by atoms with Crippen molar-refractivity contribution in [2.24, 2.45) is 0 Å². The van der Waals surface area contributed by atoms with Gasteiger partial charge in [-0.3, -0.25) is 0 Å². The summed E-state index contributed by atoms with van der Waals surface area (Å²) in [6, 6.07) is 8.03. The monoisotopic (exact) mass is 253 g/mol. The quantitative estimate of drug-likeness (QED) is 0.762. The highest BCUT2D eigenvalue weighted by Gasteiger charge is 2.11. The molecule has 1 N–H and O–H groups in total. The minimum Gasteiger partial charge on any atom is -0.480 e. The van der Waals surface area contributed by atoms with Gasteiger partial charge in [0.05, 0.1) is 23.7 Å². The molecule has 3 aromatic rings. The van der Waals surface area contributed by atoms with Gasteiger partial charge in [0.1, 0.15) is 5.82 Å². The molecule has 0 aliphatic carbocycles. The molecule has 0 aliphatic heterocycles. The standard InChI is InChI=1S/C15H15N3O/c1-9-7-12-13(8-10(9)2)18-14(17-12)11-5-4-6-16-15(11)19-3/h4-8H,1-3H3,(H,17,18). The summed E-state index contributed by atoms with van der Waals surface area (Å²) >= 11 is 0. The molecule has 0 radical (unpaired) electrons. The molecule has 0 aliphatic rings. The van der Waals surface area contributed by atoms with Gasteiger partial charge in [0.25, 0.3) is 0 Å². The van der Waals surface area contributed by atoms with Gasteiger partial charge in [-0.1, -0.05) is 0 Å². The second-order valence-corrected chi connectivity index (χ2v) is 4.60. The summed E-state index contributed by atoms with van der Waals surface area (Å²) < 4.78 is 5.27. The largest absolute Gasteiger partial charge is 0.480 e. The summed E-state index contributed by atoms with van der Waals surface area (Å²) in [6.45, 7) is 4.19. The van der Waals surface area contributed by atoms with Crippen molar-refractivity contribution in [1.82, 2.24) is 15.0 Å². The predicted molar refractivity (Wildman–Crippen MR) is 75.4 cm³/mol. The number of methoxy groups -OCH3 is 1. The highest BCUT2D eigenvalue weighted by Crippen LogP contribution is 2.27. The van der Waals surface area contributed by atoms with E-state index in [4.69, 9.17) is 4.74 Å². The molecule has 0 fully saturated rings. The molecular weight excluding hydrogens is 238 g/mol. The number of nitrogens with zero attached hydrogens (tertiary/aromatic N) is 2. The van der Waals surface area contributed by atoms with Crippen molar-refractivity contribution in [3.63, 3.8) is 0 Å². The summed E-state index contributed by atoms with van der Waals surface area (Å²) in [5.41, 5.74) is 5.36. The van der Waals surface area contributed by atoms with Crippen molar-refractivity contribution in [2.45, 2.75) is 13.8 Å². The van der Waals surface area contributed by atoms with Crippen LogP contribution in [0.4, 0.5) is 0 Å². The number of aromatic nitrogens is 3. The fraction of sp³-hybridized carbons (Fsp3) is 0.200. The van der Waals surface area contributed by atoms with Gasteiger partial charge in [-0.25, -0.2) is 9.97 Å². The van der Waals surface area contributed by atoms with Crippen LogP contribution in [0.3, 0.4) is 0 Å². The Morgan fingerprint density at radius 2 is 1.95 bits per heavy atom. The molecule has 0 spiro atoms. The van der Waals surface area contributed by atoms with E-state index >= 15 is 0 Å². The first-order valence-electron chi connectivity index (χ1n) is 6.15. The highest BCUT2D eigenvalue weighted by atomic mass is 16.5. The van der Waals surface area contributed by atoms with Gasteiger partial charge in [-0.15, -0.1) is 0 Å². The normalized spacial score (nSPS) is 10.9. The Hall–Kier alpha value is -2.36. The Balaban J connectivity index is 2.20. The molecule has 3 rings (SSSR count). The third kappa shape index (κ3) is 1.95. The smallest absolute Gasteiger partial charge is 0.224 e. The van der Waals surface area contributed by atoms with Crippen LogP contribution < -0.4 is 4.74 Å². The molecule has 4 nitrogen and oxygen atoms in total. The summed E-state index contributed by atoms with van der Waals surface area (Å²) in [5.74, 6) is 1.36. The second-order valence-electron chi connectivity index (χ2n) is 4.60. The van der Waals surface area contributed by atoms with Crippen LogP contribution in [0.15, 0.2) is 30.5 Å². The number of aryl methyl sites for hydroxylation is 2. The van der Waals surface area contributed by atoms with Gasteiger partial charge < -0.3 is 9.72 Å². The molecule has 19 heavy (non-hydrogen) atoms. The molecule has 0 bridgehead atoms. The third-order valence-electron chi connectivity index (χ3n) is 3.32. The lowest BCUT2D eigenvalue weighted by molar-refractivity contribution is 0.399. The van der Waals surface area contributed by atoms with E-state index in [0.717, 1.165) is 22.4 Å². The zero-order valence-electron chi connectivity index (χ0n) is 11.2. The number of pyridine rings is 1. The topological polar surface area (TPSA) is 50.8 Å². The van der Waals surface area contributed by atoms with Crippen molar-refractivity contribution in [3.05, 3.63) is 41.6 Å². The van der Waals surface area contributed by atoms with Crippen LogP contribution in [0.5, 0.6) is 5.88 Å². The first-order valence-corrected chi connectivity index (χ1v) is 6.15. The van der Waals surface area contributed by atoms with Crippen LogP contribution in [0.2, 0.25) is 0 Å². The molecule has 0 unspecified atom stereocenters. The molecule has 2 aromatic heterocycles. The van der Waals surface area contributed by atoms with Crippen LogP contribution in [-0.4, -0.2) is 22.1 Å². The van der Waals surface area contributed by atoms with Gasteiger partial charge in [-0.05, 0) is 49.2 Å². The van der Waals surface area contributed by atoms with E-state index in [9.17, 15) is 0 Å². The zero-order valence-corrected chi connectivity index (χ0v) is 11.2. The van der Waals surface area contributed by atoms with E-state index in [1.807, 2.05) is 12.1 Å². The van der Waals surface area contributed by atoms with Crippen LogP contribution >= 0.6 is 0 Å². The van der Waals surface area contributed by atoms with Crippen molar-refractivity contribution in [1.29, 1.82) is 0 Å². The molecule has 4 heteroatoms. The van der Waals surface area contributed by atoms with Crippen LogP contribution in [0, 0.1) is 13.8 Å². The van der Waals surface area contributed by atoms with E-state index in [0.29, 0.717) is 5.88 Å². The van der Waals surface area contributed by atoms with Gasteiger partial charge in [0.2, 0.25) is 5.88 Å². The van der Waals surface area contributed by atoms with E-state index in [2.05, 4.69) is 40.9 Å². The maximum Gasteiger partial charge on any atom is 0.224 e. The van der Waals surface area contributed by atoms with Gasteiger partial charge in [0.15, 0.2) is 0 Å². The number of benzene rings is 1. The molecule has 0 saturated heterocycles. The number of H-pyrrole nitrogens is 1. The SMILES string of the molecule is COc1ncccc1-c1nc2cc(C)c(C)cc2[nH]1. The summed E-state index contributed by atoms with van der Waals surface area (Å²) in [7, 11) is 1.61. The van der Waals surface area contributed by atoms with Crippen molar-refractivity contribution < 1.29 is 4.74 Å². The first-order chi connectivity index (χ1) is 9.19. The molecule has 0 atom stereocenters. The van der Waals surface area contributed by atoms with E-state index in [1.54, 1.807) is 13.3 Å². The maximum absolute atomic E-state index is 5.27. The molecule has 0 saturated carbocycles. The molecule has 0 amide bonds. The lowest BCUT2D eigenvalue weighted by atomic mass is 10.1. The Kier molecular flexibility index (Phi) is 2.71. The zero-order chi connectivity index (χ0) is 13.4. The van der Waals surface area contributed by atoms with Crippen LogP contribution in [0.1, 0.15) is 11.1 Å². The first kappa shape index (κ1) is 11.7. The van der Waals surface area contributed by atoms with Crippen molar-refractivity contribution >= 4 is 11.0 Å². The maximum atomic E-state index is 5.27. The number of nitrogens with one attached hydrogen (secondary N) is 1. The average Bonchev–Trinajstić information content (AvgIpc) is 2.82. The molecular formula is C15H15N3O. The molecule has 2 heterocycles. The number of imidazole rings is 1. The van der Waals surface area contributed by atoms with E-state index < -0.39 is 0 Å². The van der Waals surface area contributed by atoms with E-state index in [-0.39, 0.29) is 0 Å². The van der Waals surface area contributed by atoms with Crippen LogP contribution in [0.25, 0.3) is 22.4 Å². The van der Waals surface area contributed by atoms with Crippen molar-refractivity contribution in [3.8, 4) is 17.3 Å². The Bertz CT molecular complexity index is 707. The minimum absolute atomic E-state index is 0.579. The predicted octanol–water partition coefficient (Wildman–Crippen LogP) is 3.25. The highest BCUT2D eigenvalue weighted by molar-refractivity contribution is 5.81. The number of fused-ring (bicyclic) bond motifs is 1. The number of aromatic amines is 1. The third-order valence-corrected chi connectivity index (χ3v) is 3.32. The number of hydrogen-bond donors (Lipinski definition) is 1. The number of ether oxygens (including phenoxy) is 1. The molecule has 1 aromatic carbocycles. The van der Waals surface area contributed by atoms with Gasteiger partial charge in [-0.2, -0.15) is 0 Å². The minimum atomic E-state index is 0.579. The lowest BCUT2D eigenvalue weighted by Gasteiger charge is -2.03. The lowest BCUT2D eigenvalue weighted by Crippen LogP contribution is -1.91. The van der Waals surface area contributed by atoms with E-state index in [1.165, 1.54) is 11.1 Å². The number of hydrogen-bond acceptors (Lipinski definition) is 3. The number of rotatable bonds is 2.